The van der Waals surface area contributed by atoms with Crippen molar-refractivity contribution in [2.75, 3.05) is 31.0 Å². The van der Waals surface area contributed by atoms with Gasteiger partial charge < -0.3 is 19.7 Å². The Labute approximate surface area is 163 Å². The molecular weight excluding hydrogens is 354 g/mol. The molecule has 0 bridgehead atoms. The van der Waals surface area contributed by atoms with Gasteiger partial charge in [-0.15, -0.1) is 0 Å². The molecule has 1 aromatic heterocycles. The minimum absolute atomic E-state index is 0.295. The summed E-state index contributed by atoms with van der Waals surface area (Å²) in [4.78, 5) is 19.2. The van der Waals surface area contributed by atoms with Crippen molar-refractivity contribution in [2.45, 2.75) is 6.42 Å². The standard InChI is InChI=1S/C22H21N3O3/c1-27-17-8-10-18(21(13-17)28-2)24-22(26)19-9-7-16(14-23-19)25-12-11-15-5-3-4-6-20(15)25/h3-10,13-14H,11-12H2,1-2H3,(H,24,26). The number of aromatic nitrogens is 1. The highest BCUT2D eigenvalue weighted by Crippen LogP contribution is 2.34. The molecule has 0 aliphatic carbocycles. The number of benzene rings is 2. The number of anilines is 3. The predicted molar refractivity (Wildman–Crippen MR) is 109 cm³/mol. The number of hydrogen-bond acceptors (Lipinski definition) is 5. The molecule has 2 heterocycles. The molecule has 0 fully saturated rings. The first-order valence-corrected chi connectivity index (χ1v) is 9.04. The van der Waals surface area contributed by atoms with Crippen molar-refractivity contribution < 1.29 is 14.3 Å². The summed E-state index contributed by atoms with van der Waals surface area (Å²) in [5, 5.41) is 2.84. The van der Waals surface area contributed by atoms with E-state index in [1.807, 2.05) is 12.1 Å². The Morgan fingerprint density at radius 2 is 1.93 bits per heavy atom. The van der Waals surface area contributed by atoms with Gasteiger partial charge in [0.15, 0.2) is 0 Å². The van der Waals surface area contributed by atoms with Gasteiger partial charge >= 0.3 is 0 Å². The van der Waals surface area contributed by atoms with Gasteiger partial charge in [-0.2, -0.15) is 0 Å². The number of nitrogens with zero attached hydrogens (tertiary/aromatic N) is 2. The molecule has 0 unspecified atom stereocenters. The molecule has 6 heteroatoms. The molecule has 1 aliphatic heterocycles. The number of ether oxygens (including phenoxy) is 2. The van der Waals surface area contributed by atoms with E-state index in [0.29, 0.717) is 22.9 Å². The predicted octanol–water partition coefficient (Wildman–Crippen LogP) is 4.05. The Hall–Kier alpha value is -3.54. The summed E-state index contributed by atoms with van der Waals surface area (Å²) in [7, 11) is 3.13. The molecular formula is C22H21N3O3. The molecule has 4 rings (SSSR count). The van der Waals surface area contributed by atoms with Gasteiger partial charge in [-0.1, -0.05) is 18.2 Å². The molecule has 6 nitrogen and oxygen atoms in total. The summed E-state index contributed by atoms with van der Waals surface area (Å²) >= 11 is 0. The number of carbonyl (C=O) groups excluding carboxylic acids is 1. The van der Waals surface area contributed by atoms with Crippen LogP contribution in [0.3, 0.4) is 0 Å². The zero-order valence-corrected chi connectivity index (χ0v) is 15.8. The molecule has 2 aromatic carbocycles. The molecule has 3 aromatic rings. The Kier molecular flexibility index (Phi) is 4.85. The lowest BCUT2D eigenvalue weighted by molar-refractivity contribution is 0.102. The van der Waals surface area contributed by atoms with Crippen LogP contribution in [-0.2, 0) is 6.42 Å². The molecule has 0 atom stereocenters. The third-order valence-corrected chi connectivity index (χ3v) is 4.84. The maximum Gasteiger partial charge on any atom is 0.274 e. The first-order chi connectivity index (χ1) is 13.7. The van der Waals surface area contributed by atoms with Crippen molar-refractivity contribution in [2.24, 2.45) is 0 Å². The fraction of sp³-hybridized carbons (Fsp3) is 0.182. The smallest absolute Gasteiger partial charge is 0.274 e. The Balaban J connectivity index is 1.51. The molecule has 0 saturated carbocycles. The lowest BCUT2D eigenvalue weighted by Gasteiger charge is -2.19. The number of carbonyl (C=O) groups is 1. The van der Waals surface area contributed by atoms with Crippen LogP contribution in [0.2, 0.25) is 0 Å². The van der Waals surface area contributed by atoms with Crippen molar-refractivity contribution >= 4 is 23.0 Å². The van der Waals surface area contributed by atoms with E-state index in [4.69, 9.17) is 9.47 Å². The average molecular weight is 375 g/mol. The van der Waals surface area contributed by atoms with Crippen LogP contribution < -0.4 is 19.7 Å². The van der Waals surface area contributed by atoms with Crippen LogP contribution >= 0.6 is 0 Å². The van der Waals surface area contributed by atoms with Gasteiger partial charge in [0, 0.05) is 18.3 Å². The maximum atomic E-state index is 12.6. The van der Waals surface area contributed by atoms with Crippen molar-refractivity contribution in [3.63, 3.8) is 0 Å². The molecule has 142 valence electrons. The maximum absolute atomic E-state index is 12.6. The van der Waals surface area contributed by atoms with Gasteiger partial charge in [0.25, 0.3) is 5.91 Å². The van der Waals surface area contributed by atoms with Crippen LogP contribution in [0.5, 0.6) is 11.5 Å². The number of nitrogens with one attached hydrogen (secondary N) is 1. The summed E-state index contributed by atoms with van der Waals surface area (Å²) < 4.78 is 10.5. The monoisotopic (exact) mass is 375 g/mol. The van der Waals surface area contributed by atoms with Gasteiger partial charge in [-0.25, -0.2) is 4.98 Å². The first kappa shape index (κ1) is 17.9. The molecule has 28 heavy (non-hydrogen) atoms. The number of hydrogen-bond donors (Lipinski definition) is 1. The Morgan fingerprint density at radius 3 is 2.68 bits per heavy atom. The van der Waals surface area contributed by atoms with Gasteiger partial charge in [0.2, 0.25) is 0 Å². The van der Waals surface area contributed by atoms with Crippen molar-refractivity contribution in [1.82, 2.24) is 4.98 Å². The highest BCUT2D eigenvalue weighted by atomic mass is 16.5. The fourth-order valence-corrected chi connectivity index (χ4v) is 3.37. The number of amides is 1. The summed E-state index contributed by atoms with van der Waals surface area (Å²) in [5.41, 5.74) is 4.41. The molecule has 0 spiro atoms. The fourth-order valence-electron chi connectivity index (χ4n) is 3.37. The number of pyridine rings is 1. The van der Waals surface area contributed by atoms with E-state index in [1.165, 1.54) is 11.3 Å². The molecule has 0 saturated heterocycles. The van der Waals surface area contributed by atoms with Gasteiger partial charge in [-0.3, -0.25) is 4.79 Å². The van der Waals surface area contributed by atoms with Gasteiger partial charge in [0.05, 0.1) is 31.8 Å². The lowest BCUT2D eigenvalue weighted by atomic mass is 10.2. The molecule has 1 N–H and O–H groups in total. The van der Waals surface area contributed by atoms with Crippen molar-refractivity contribution in [3.8, 4) is 11.5 Å². The zero-order valence-electron chi connectivity index (χ0n) is 15.8. The number of para-hydroxylation sites is 1. The minimum atomic E-state index is -0.295. The van der Waals surface area contributed by atoms with Crippen LogP contribution in [0.25, 0.3) is 0 Å². The quantitative estimate of drug-likeness (QED) is 0.729. The van der Waals surface area contributed by atoms with E-state index in [-0.39, 0.29) is 5.91 Å². The number of methoxy groups -OCH3 is 2. The second-order valence-corrected chi connectivity index (χ2v) is 6.45. The van der Waals surface area contributed by atoms with E-state index < -0.39 is 0 Å². The summed E-state index contributed by atoms with van der Waals surface area (Å²) in [6, 6.07) is 17.2. The second-order valence-electron chi connectivity index (χ2n) is 6.45. The van der Waals surface area contributed by atoms with Crippen molar-refractivity contribution in [3.05, 3.63) is 72.1 Å². The van der Waals surface area contributed by atoms with E-state index in [2.05, 4.69) is 33.4 Å². The third kappa shape index (κ3) is 3.36. The zero-order chi connectivity index (χ0) is 19.5. The van der Waals surface area contributed by atoms with Crippen LogP contribution in [0.15, 0.2) is 60.8 Å². The minimum Gasteiger partial charge on any atom is -0.497 e. The largest absolute Gasteiger partial charge is 0.497 e. The van der Waals surface area contributed by atoms with E-state index >= 15 is 0 Å². The first-order valence-electron chi connectivity index (χ1n) is 9.04. The van der Waals surface area contributed by atoms with E-state index in [9.17, 15) is 4.79 Å². The van der Waals surface area contributed by atoms with Crippen LogP contribution in [-0.4, -0.2) is 31.7 Å². The Bertz CT molecular complexity index is 1000. The number of fused-ring (bicyclic) bond motifs is 1. The summed E-state index contributed by atoms with van der Waals surface area (Å²) in [6.07, 6.45) is 2.75. The van der Waals surface area contributed by atoms with Crippen LogP contribution in [0.4, 0.5) is 17.1 Å². The molecule has 1 aliphatic rings. The molecule has 1 amide bonds. The molecule has 0 radical (unpaired) electrons. The van der Waals surface area contributed by atoms with Gasteiger partial charge in [-0.05, 0) is 42.3 Å². The lowest BCUT2D eigenvalue weighted by Crippen LogP contribution is -2.16. The topological polar surface area (TPSA) is 63.7 Å². The van der Waals surface area contributed by atoms with Crippen LogP contribution in [0, 0.1) is 0 Å². The summed E-state index contributed by atoms with van der Waals surface area (Å²) in [6.45, 7) is 0.912. The summed E-state index contributed by atoms with van der Waals surface area (Å²) in [5.74, 6) is 0.887. The van der Waals surface area contributed by atoms with E-state index in [1.54, 1.807) is 44.7 Å². The highest BCUT2D eigenvalue weighted by Gasteiger charge is 2.20. The SMILES string of the molecule is COc1ccc(NC(=O)c2ccc(N3CCc4ccccc43)cn2)c(OC)c1. The highest BCUT2D eigenvalue weighted by molar-refractivity contribution is 6.03. The number of rotatable bonds is 5. The second kappa shape index (κ2) is 7.60. The van der Waals surface area contributed by atoms with Crippen LogP contribution in [0.1, 0.15) is 16.1 Å². The Morgan fingerprint density at radius 1 is 1.07 bits per heavy atom. The average Bonchev–Trinajstić information content (AvgIpc) is 3.18. The van der Waals surface area contributed by atoms with E-state index in [0.717, 1.165) is 18.7 Å². The van der Waals surface area contributed by atoms with Crippen molar-refractivity contribution in [1.29, 1.82) is 0 Å². The normalized spacial score (nSPS) is 12.4. The van der Waals surface area contributed by atoms with Gasteiger partial charge in [0.1, 0.15) is 17.2 Å². The third-order valence-electron chi connectivity index (χ3n) is 4.84.